The van der Waals surface area contributed by atoms with E-state index in [1.54, 1.807) is 17.4 Å². The molecule has 5 heteroatoms. The maximum absolute atomic E-state index is 12.8. The van der Waals surface area contributed by atoms with Crippen LogP contribution < -0.4 is 0 Å². The minimum absolute atomic E-state index is 0.0245. The first-order chi connectivity index (χ1) is 12.2. The fourth-order valence-corrected chi connectivity index (χ4v) is 3.85. The Bertz CT molecular complexity index is 933. The molecule has 0 amide bonds. The van der Waals surface area contributed by atoms with Gasteiger partial charge in [0.2, 0.25) is 0 Å². The van der Waals surface area contributed by atoms with Crippen LogP contribution in [0.4, 0.5) is 0 Å². The number of benzene rings is 1. The molecule has 0 bridgehead atoms. The Morgan fingerprint density at radius 2 is 2.04 bits per heavy atom. The summed E-state index contributed by atoms with van der Waals surface area (Å²) in [5.74, 6) is -0.423. The number of carbonyl (C=O) groups is 2. The van der Waals surface area contributed by atoms with Crippen molar-refractivity contribution in [3.8, 4) is 10.6 Å². The van der Waals surface area contributed by atoms with E-state index in [0.29, 0.717) is 18.4 Å². The summed E-state index contributed by atoms with van der Waals surface area (Å²) in [6.07, 6.45) is 2.30. The topological polar surface area (TPSA) is 56.3 Å². The van der Waals surface area contributed by atoms with Gasteiger partial charge in [0.1, 0.15) is 0 Å². The van der Waals surface area contributed by atoms with Crippen molar-refractivity contribution in [1.82, 2.24) is 4.98 Å². The summed E-state index contributed by atoms with van der Waals surface area (Å²) in [6, 6.07) is 13.2. The number of pyridine rings is 1. The molecule has 0 unspecified atom stereocenters. The van der Waals surface area contributed by atoms with Crippen molar-refractivity contribution < 1.29 is 14.3 Å². The van der Waals surface area contributed by atoms with Crippen molar-refractivity contribution in [1.29, 1.82) is 0 Å². The molecule has 1 aliphatic carbocycles. The average molecular weight is 351 g/mol. The van der Waals surface area contributed by atoms with Crippen molar-refractivity contribution in [2.75, 3.05) is 0 Å². The first-order valence-electron chi connectivity index (χ1n) is 8.40. The minimum Gasteiger partial charge on any atom is -0.451 e. The molecule has 0 spiro atoms. The fourth-order valence-electron chi connectivity index (χ4n) is 3.16. The third kappa shape index (κ3) is 3.20. The molecule has 1 saturated carbocycles. The van der Waals surface area contributed by atoms with Crippen LogP contribution in [-0.2, 0) is 9.53 Å². The maximum Gasteiger partial charge on any atom is 0.339 e. The standard InChI is InChI=1S/C20H17NO3S/c22-17-8-3-4-9-18(17)24-20(23)14-12-16(19-10-5-11-25-19)21-15-7-2-1-6-13(14)15/h1-2,5-7,10-12,18H,3-4,8-9H2/t18-/m1/s1. The Kier molecular flexibility index (Phi) is 4.32. The summed E-state index contributed by atoms with van der Waals surface area (Å²) < 4.78 is 5.56. The second-order valence-electron chi connectivity index (χ2n) is 6.16. The molecule has 2 heterocycles. The number of Topliss-reactive ketones (excluding diaryl/α,β-unsaturated/α-hetero) is 1. The van der Waals surface area contributed by atoms with E-state index in [4.69, 9.17) is 4.74 Å². The molecule has 1 atom stereocenters. The Hall–Kier alpha value is -2.53. The third-order valence-electron chi connectivity index (χ3n) is 4.46. The van der Waals surface area contributed by atoms with Crippen LogP contribution >= 0.6 is 11.3 Å². The zero-order valence-electron chi connectivity index (χ0n) is 13.6. The van der Waals surface area contributed by atoms with E-state index in [9.17, 15) is 9.59 Å². The number of nitrogens with zero attached hydrogens (tertiary/aromatic N) is 1. The average Bonchev–Trinajstić information content (AvgIpc) is 3.17. The summed E-state index contributed by atoms with van der Waals surface area (Å²) in [4.78, 5) is 30.4. The van der Waals surface area contributed by atoms with Gasteiger partial charge in [-0.25, -0.2) is 9.78 Å². The van der Waals surface area contributed by atoms with Gasteiger partial charge in [-0.1, -0.05) is 24.3 Å². The van der Waals surface area contributed by atoms with Gasteiger partial charge in [0.15, 0.2) is 11.9 Å². The molecule has 0 saturated heterocycles. The van der Waals surface area contributed by atoms with E-state index in [0.717, 1.165) is 34.3 Å². The lowest BCUT2D eigenvalue weighted by molar-refractivity contribution is -0.129. The van der Waals surface area contributed by atoms with Crippen molar-refractivity contribution in [3.05, 3.63) is 53.4 Å². The van der Waals surface area contributed by atoms with Gasteiger partial charge in [0.25, 0.3) is 0 Å². The first-order valence-corrected chi connectivity index (χ1v) is 9.28. The van der Waals surface area contributed by atoms with Crippen molar-refractivity contribution in [2.24, 2.45) is 0 Å². The number of rotatable bonds is 3. The van der Waals surface area contributed by atoms with Crippen molar-refractivity contribution >= 4 is 34.0 Å². The number of thiophene rings is 1. The smallest absolute Gasteiger partial charge is 0.339 e. The molecule has 1 aromatic carbocycles. The number of para-hydroxylation sites is 1. The van der Waals surface area contributed by atoms with Gasteiger partial charge >= 0.3 is 5.97 Å². The van der Waals surface area contributed by atoms with E-state index in [2.05, 4.69) is 4.98 Å². The molecule has 0 radical (unpaired) electrons. The highest BCUT2D eigenvalue weighted by atomic mass is 32.1. The minimum atomic E-state index is -0.613. The van der Waals surface area contributed by atoms with Gasteiger partial charge in [-0.05, 0) is 42.8 Å². The van der Waals surface area contributed by atoms with E-state index in [1.165, 1.54) is 0 Å². The summed E-state index contributed by atoms with van der Waals surface area (Å²) in [7, 11) is 0. The van der Waals surface area contributed by atoms with Gasteiger partial charge in [0.05, 0.1) is 21.7 Å². The van der Waals surface area contributed by atoms with Gasteiger partial charge in [-0.3, -0.25) is 4.79 Å². The molecule has 25 heavy (non-hydrogen) atoms. The van der Waals surface area contributed by atoms with E-state index >= 15 is 0 Å². The SMILES string of the molecule is O=C(O[C@@H]1CCCCC1=O)c1cc(-c2cccs2)nc2ccccc12. The number of carbonyl (C=O) groups excluding carboxylic acids is 2. The molecular formula is C20H17NO3S. The summed E-state index contributed by atoms with van der Waals surface area (Å²) in [5.41, 5.74) is 1.96. The molecule has 0 aliphatic heterocycles. The zero-order valence-corrected chi connectivity index (χ0v) is 14.4. The summed E-state index contributed by atoms with van der Waals surface area (Å²) in [6.45, 7) is 0. The van der Waals surface area contributed by atoms with Crippen LogP contribution in [0, 0.1) is 0 Å². The number of ether oxygens (including phenoxy) is 1. The van der Waals surface area contributed by atoms with E-state index in [-0.39, 0.29) is 5.78 Å². The maximum atomic E-state index is 12.8. The number of aromatic nitrogens is 1. The Labute approximate surface area is 149 Å². The Morgan fingerprint density at radius 3 is 2.84 bits per heavy atom. The van der Waals surface area contributed by atoms with Gasteiger partial charge in [0, 0.05) is 11.8 Å². The highest BCUT2D eigenvalue weighted by Crippen LogP contribution is 2.29. The Balaban J connectivity index is 1.74. The van der Waals surface area contributed by atoms with Crippen LogP contribution in [0.2, 0.25) is 0 Å². The molecule has 4 rings (SSSR count). The Morgan fingerprint density at radius 1 is 1.16 bits per heavy atom. The lowest BCUT2D eigenvalue weighted by Crippen LogP contribution is -2.30. The number of hydrogen-bond acceptors (Lipinski definition) is 5. The van der Waals surface area contributed by atoms with Gasteiger partial charge < -0.3 is 4.74 Å². The van der Waals surface area contributed by atoms with E-state index < -0.39 is 12.1 Å². The van der Waals surface area contributed by atoms with Gasteiger partial charge in [-0.15, -0.1) is 11.3 Å². The van der Waals surface area contributed by atoms with Crippen LogP contribution in [-0.4, -0.2) is 22.8 Å². The molecular weight excluding hydrogens is 334 g/mol. The molecule has 0 N–H and O–H groups in total. The molecule has 3 aromatic rings. The van der Waals surface area contributed by atoms with Crippen LogP contribution in [0.1, 0.15) is 36.0 Å². The molecule has 1 fully saturated rings. The number of ketones is 1. The summed E-state index contributed by atoms with van der Waals surface area (Å²) >= 11 is 1.57. The highest BCUT2D eigenvalue weighted by Gasteiger charge is 2.27. The number of hydrogen-bond donors (Lipinski definition) is 0. The predicted molar refractivity (Wildman–Crippen MR) is 97.7 cm³/mol. The number of esters is 1. The normalized spacial score (nSPS) is 17.6. The second kappa shape index (κ2) is 6.76. The van der Waals surface area contributed by atoms with Crippen molar-refractivity contribution in [2.45, 2.75) is 31.8 Å². The lowest BCUT2D eigenvalue weighted by Gasteiger charge is -2.21. The largest absolute Gasteiger partial charge is 0.451 e. The summed E-state index contributed by atoms with van der Waals surface area (Å²) in [5, 5.41) is 2.72. The van der Waals surface area contributed by atoms with Gasteiger partial charge in [-0.2, -0.15) is 0 Å². The number of fused-ring (bicyclic) bond motifs is 1. The predicted octanol–water partition coefficient (Wildman–Crippen LogP) is 4.63. The molecule has 4 nitrogen and oxygen atoms in total. The van der Waals surface area contributed by atoms with Crippen LogP contribution in [0.25, 0.3) is 21.5 Å². The fraction of sp³-hybridized carbons (Fsp3) is 0.250. The first kappa shape index (κ1) is 16.0. The quantitative estimate of drug-likeness (QED) is 0.646. The van der Waals surface area contributed by atoms with Crippen LogP contribution in [0.3, 0.4) is 0 Å². The zero-order chi connectivity index (χ0) is 17.2. The highest BCUT2D eigenvalue weighted by molar-refractivity contribution is 7.13. The lowest BCUT2D eigenvalue weighted by atomic mass is 9.96. The monoisotopic (exact) mass is 351 g/mol. The van der Waals surface area contributed by atoms with Crippen LogP contribution in [0.15, 0.2) is 47.8 Å². The van der Waals surface area contributed by atoms with Crippen molar-refractivity contribution in [3.63, 3.8) is 0 Å². The molecule has 2 aromatic heterocycles. The van der Waals surface area contributed by atoms with E-state index in [1.807, 2.05) is 41.8 Å². The molecule has 126 valence electrons. The second-order valence-corrected chi connectivity index (χ2v) is 7.10. The molecule has 1 aliphatic rings. The third-order valence-corrected chi connectivity index (χ3v) is 5.35. The van der Waals surface area contributed by atoms with Crippen LogP contribution in [0.5, 0.6) is 0 Å².